The fourth-order valence-corrected chi connectivity index (χ4v) is 4.99. The van der Waals surface area contributed by atoms with Crippen molar-refractivity contribution in [3.8, 4) is 17.2 Å². The predicted molar refractivity (Wildman–Crippen MR) is 145 cm³/mol. The lowest BCUT2D eigenvalue weighted by Gasteiger charge is -2.15. The number of hydrogen-bond acceptors (Lipinski definition) is 6. The highest BCUT2D eigenvalue weighted by Crippen LogP contribution is 2.35. The van der Waals surface area contributed by atoms with Crippen LogP contribution < -0.4 is 14.2 Å². The average Bonchev–Trinajstić information content (AvgIpc) is 3.14. The van der Waals surface area contributed by atoms with E-state index >= 15 is 0 Å². The number of amides is 1. The zero-order valence-corrected chi connectivity index (χ0v) is 21.6. The first-order valence-corrected chi connectivity index (χ1v) is 12.4. The summed E-state index contributed by atoms with van der Waals surface area (Å²) in [7, 11) is 3.21. The Morgan fingerprint density at radius 3 is 2.37 bits per heavy atom. The monoisotopic (exact) mass is 505 g/mol. The van der Waals surface area contributed by atoms with E-state index in [2.05, 4.69) is 31.2 Å². The van der Waals surface area contributed by atoms with Gasteiger partial charge in [0.25, 0.3) is 5.91 Å². The molecule has 1 heterocycles. The molecule has 3 aromatic carbocycles. The lowest BCUT2D eigenvalue weighted by atomic mass is 10.1. The van der Waals surface area contributed by atoms with Crippen molar-refractivity contribution in [1.82, 2.24) is 4.90 Å². The highest BCUT2D eigenvalue weighted by molar-refractivity contribution is 8.26. The molecule has 0 aromatic heterocycles. The van der Waals surface area contributed by atoms with E-state index in [1.165, 1.54) is 17.3 Å². The number of nitrogens with zero attached hydrogens (tertiary/aromatic N) is 1. The number of thiocarbonyl (C=S) groups is 1. The van der Waals surface area contributed by atoms with Crippen LogP contribution in [-0.4, -0.2) is 35.9 Å². The highest BCUT2D eigenvalue weighted by atomic mass is 32.2. The number of carbonyl (C=O) groups is 1. The maximum Gasteiger partial charge on any atom is 0.266 e. The topological polar surface area (TPSA) is 48.0 Å². The summed E-state index contributed by atoms with van der Waals surface area (Å²) in [4.78, 5) is 15.4. The van der Waals surface area contributed by atoms with Gasteiger partial charge in [0.15, 0.2) is 11.5 Å². The second-order valence-corrected chi connectivity index (χ2v) is 9.76. The van der Waals surface area contributed by atoms with E-state index in [1.54, 1.807) is 19.1 Å². The molecule has 1 saturated heterocycles. The van der Waals surface area contributed by atoms with Gasteiger partial charge >= 0.3 is 0 Å². The molecule has 4 rings (SSSR count). The van der Waals surface area contributed by atoms with E-state index in [9.17, 15) is 4.79 Å². The largest absolute Gasteiger partial charge is 0.493 e. The van der Waals surface area contributed by atoms with E-state index in [4.69, 9.17) is 26.4 Å². The summed E-state index contributed by atoms with van der Waals surface area (Å²) in [6.07, 6.45) is 2.51. The van der Waals surface area contributed by atoms with Gasteiger partial charge in [-0.1, -0.05) is 78.1 Å². The lowest BCUT2D eigenvalue weighted by molar-refractivity contribution is -0.122. The number of rotatable bonds is 9. The zero-order chi connectivity index (χ0) is 24.8. The summed E-state index contributed by atoms with van der Waals surface area (Å²) in [5.74, 6) is 1.98. The van der Waals surface area contributed by atoms with Crippen molar-refractivity contribution in [2.45, 2.75) is 20.0 Å². The summed E-state index contributed by atoms with van der Waals surface area (Å²) in [5, 5.41) is 0. The Kier molecular flexibility index (Phi) is 8.10. The van der Waals surface area contributed by atoms with Crippen LogP contribution in [0, 0.1) is 6.92 Å². The van der Waals surface area contributed by atoms with Crippen LogP contribution in [0.5, 0.6) is 17.2 Å². The number of thioether (sulfide) groups is 1. The number of hydrogen-bond donors (Lipinski definition) is 0. The molecule has 35 heavy (non-hydrogen) atoms. The first-order valence-electron chi connectivity index (χ1n) is 11.2. The van der Waals surface area contributed by atoms with Crippen molar-refractivity contribution < 1.29 is 19.0 Å². The maximum atomic E-state index is 13.2. The number of aryl methyl sites for hydroxylation is 1. The van der Waals surface area contributed by atoms with Gasteiger partial charge in [-0.2, -0.15) is 0 Å². The van der Waals surface area contributed by atoms with Gasteiger partial charge in [-0.3, -0.25) is 9.69 Å². The SMILES string of the molecule is COc1ccc(CCN2C(=O)/C(=C/c3ccccc3OCc3ccc(C)cc3)SC2=S)cc1OC. The summed E-state index contributed by atoms with van der Waals surface area (Å²) in [5.41, 5.74) is 4.18. The molecule has 0 bridgehead atoms. The molecule has 0 spiro atoms. The molecule has 0 unspecified atom stereocenters. The summed E-state index contributed by atoms with van der Waals surface area (Å²) in [6.45, 7) is 3.00. The van der Waals surface area contributed by atoms with Gasteiger partial charge in [0.05, 0.1) is 19.1 Å². The van der Waals surface area contributed by atoms with Crippen LogP contribution in [0.25, 0.3) is 6.08 Å². The molecule has 0 atom stereocenters. The number of carbonyl (C=O) groups excluding carboxylic acids is 1. The van der Waals surface area contributed by atoms with Gasteiger partial charge in [0, 0.05) is 12.1 Å². The molecule has 0 aliphatic carbocycles. The van der Waals surface area contributed by atoms with Crippen molar-refractivity contribution >= 4 is 40.3 Å². The molecule has 1 fully saturated rings. The highest BCUT2D eigenvalue weighted by Gasteiger charge is 2.32. The predicted octanol–water partition coefficient (Wildman–Crippen LogP) is 6.04. The third-order valence-corrected chi connectivity index (χ3v) is 7.04. The van der Waals surface area contributed by atoms with Gasteiger partial charge in [0.1, 0.15) is 16.7 Å². The number of methoxy groups -OCH3 is 2. The number of para-hydroxylation sites is 1. The van der Waals surface area contributed by atoms with Crippen LogP contribution in [0.2, 0.25) is 0 Å². The molecular formula is C28H27NO4S2. The van der Waals surface area contributed by atoms with Crippen molar-refractivity contribution in [3.05, 3.63) is 93.9 Å². The van der Waals surface area contributed by atoms with Crippen LogP contribution in [0.4, 0.5) is 0 Å². The molecule has 3 aromatic rings. The summed E-state index contributed by atoms with van der Waals surface area (Å²) >= 11 is 6.84. The average molecular weight is 506 g/mol. The number of ether oxygens (including phenoxy) is 3. The molecular weight excluding hydrogens is 478 g/mol. The molecule has 1 aliphatic heterocycles. The van der Waals surface area contributed by atoms with Crippen molar-refractivity contribution in [2.24, 2.45) is 0 Å². The third kappa shape index (κ3) is 6.05. The van der Waals surface area contributed by atoms with E-state index < -0.39 is 0 Å². The van der Waals surface area contributed by atoms with Crippen LogP contribution >= 0.6 is 24.0 Å². The fourth-order valence-electron chi connectivity index (χ4n) is 3.69. The van der Waals surface area contributed by atoms with Crippen LogP contribution in [-0.2, 0) is 17.8 Å². The van der Waals surface area contributed by atoms with E-state index in [-0.39, 0.29) is 5.91 Å². The minimum atomic E-state index is -0.0891. The smallest absolute Gasteiger partial charge is 0.266 e. The Morgan fingerprint density at radius 1 is 0.914 bits per heavy atom. The molecule has 0 N–H and O–H groups in total. The minimum absolute atomic E-state index is 0.0891. The van der Waals surface area contributed by atoms with Crippen molar-refractivity contribution in [2.75, 3.05) is 20.8 Å². The number of benzene rings is 3. The lowest BCUT2D eigenvalue weighted by Crippen LogP contribution is -2.30. The standard InChI is InChI=1S/C28H27NO4S2/c1-19-8-10-21(11-9-19)18-33-23-7-5-4-6-22(23)17-26-27(30)29(28(34)35-26)15-14-20-12-13-24(31-2)25(16-20)32-3/h4-13,16-17H,14-15,18H2,1-3H3/b26-17-. The second kappa shape index (κ2) is 11.4. The normalized spacial score (nSPS) is 14.5. The van der Waals surface area contributed by atoms with Gasteiger partial charge in [-0.25, -0.2) is 0 Å². The first kappa shape index (κ1) is 24.8. The summed E-state index contributed by atoms with van der Waals surface area (Å²) in [6, 6.07) is 21.7. The second-order valence-electron chi connectivity index (χ2n) is 8.08. The molecule has 0 radical (unpaired) electrons. The molecule has 180 valence electrons. The van der Waals surface area contributed by atoms with Crippen LogP contribution in [0.1, 0.15) is 22.3 Å². The van der Waals surface area contributed by atoms with E-state index in [0.29, 0.717) is 40.3 Å². The Balaban J connectivity index is 1.44. The van der Waals surface area contributed by atoms with E-state index in [1.807, 2.05) is 48.5 Å². The van der Waals surface area contributed by atoms with Gasteiger partial charge < -0.3 is 14.2 Å². The Bertz CT molecular complexity index is 1250. The first-order chi connectivity index (χ1) is 17.0. The van der Waals surface area contributed by atoms with Gasteiger partial charge in [-0.05, 0) is 48.7 Å². The van der Waals surface area contributed by atoms with Crippen molar-refractivity contribution in [1.29, 1.82) is 0 Å². The quantitative estimate of drug-likeness (QED) is 0.261. The van der Waals surface area contributed by atoms with Gasteiger partial charge in [-0.15, -0.1) is 0 Å². The molecule has 0 saturated carbocycles. The van der Waals surface area contributed by atoms with E-state index in [0.717, 1.165) is 22.4 Å². The zero-order valence-electron chi connectivity index (χ0n) is 19.9. The maximum absolute atomic E-state index is 13.2. The van der Waals surface area contributed by atoms with Crippen LogP contribution in [0.3, 0.4) is 0 Å². The Labute approximate surface area is 215 Å². The molecule has 5 nitrogen and oxygen atoms in total. The Morgan fingerprint density at radius 2 is 1.63 bits per heavy atom. The molecule has 7 heteroatoms. The third-order valence-electron chi connectivity index (χ3n) is 5.67. The summed E-state index contributed by atoms with van der Waals surface area (Å²) < 4.78 is 17.3. The molecule has 1 aliphatic rings. The fraction of sp³-hybridized carbons (Fsp3) is 0.214. The Hall–Kier alpha value is -3.29. The van der Waals surface area contributed by atoms with Gasteiger partial charge in [0.2, 0.25) is 0 Å². The van der Waals surface area contributed by atoms with Crippen molar-refractivity contribution in [3.63, 3.8) is 0 Å². The molecule has 1 amide bonds. The minimum Gasteiger partial charge on any atom is -0.493 e. The van der Waals surface area contributed by atoms with Crippen LogP contribution in [0.15, 0.2) is 71.6 Å².